The Morgan fingerprint density at radius 1 is 1.22 bits per heavy atom. The van der Waals surface area contributed by atoms with E-state index in [1.807, 2.05) is 41.8 Å². The number of carbonyl (C=O) groups excluding carboxylic acids is 1. The van der Waals surface area contributed by atoms with Gasteiger partial charge in [-0.2, -0.15) is 0 Å². The van der Waals surface area contributed by atoms with Crippen LogP contribution in [0.4, 0.5) is 5.69 Å². The number of nitrogens with two attached hydrogens (primary N) is 1. The fourth-order valence-corrected chi connectivity index (χ4v) is 2.29. The van der Waals surface area contributed by atoms with Crippen molar-refractivity contribution in [3.05, 3.63) is 58.3 Å². The molecule has 2 aromatic rings. The van der Waals surface area contributed by atoms with Crippen molar-refractivity contribution in [1.29, 1.82) is 0 Å². The van der Waals surface area contributed by atoms with Crippen molar-refractivity contribution in [3.63, 3.8) is 0 Å². The van der Waals surface area contributed by atoms with Crippen molar-refractivity contribution in [2.45, 2.75) is 12.8 Å². The summed E-state index contributed by atoms with van der Waals surface area (Å²) >= 11 is 1.69. The summed E-state index contributed by atoms with van der Waals surface area (Å²) in [4.78, 5) is 12.9. The number of hydrogen-bond acceptors (Lipinski definition) is 3. The van der Waals surface area contributed by atoms with E-state index in [1.165, 1.54) is 4.88 Å². The Morgan fingerprint density at radius 3 is 2.67 bits per heavy atom. The first kappa shape index (κ1) is 12.6. The van der Waals surface area contributed by atoms with Crippen LogP contribution in [0.5, 0.6) is 0 Å². The lowest BCUT2D eigenvalue weighted by Crippen LogP contribution is -1.94. The van der Waals surface area contributed by atoms with E-state index in [0.29, 0.717) is 6.42 Å². The molecule has 0 spiro atoms. The van der Waals surface area contributed by atoms with Crippen LogP contribution in [0.25, 0.3) is 6.08 Å². The van der Waals surface area contributed by atoms with E-state index in [9.17, 15) is 4.79 Å². The van der Waals surface area contributed by atoms with Crippen molar-refractivity contribution in [1.82, 2.24) is 0 Å². The SMILES string of the molecule is Nc1ccc(/C=C/C(=O)CCc2cccs2)cc1. The maximum atomic E-state index is 11.7. The molecule has 0 bridgehead atoms. The summed E-state index contributed by atoms with van der Waals surface area (Å²) in [5, 5.41) is 2.03. The number of nitrogen functional groups attached to an aromatic ring is 1. The molecule has 0 amide bonds. The second-order valence-corrected chi connectivity index (χ2v) is 5.08. The molecule has 0 saturated carbocycles. The monoisotopic (exact) mass is 257 g/mol. The van der Waals surface area contributed by atoms with E-state index in [-0.39, 0.29) is 5.78 Å². The fraction of sp³-hybridized carbons (Fsp3) is 0.133. The molecule has 1 heterocycles. The van der Waals surface area contributed by atoms with Crippen molar-refractivity contribution < 1.29 is 4.79 Å². The lowest BCUT2D eigenvalue weighted by molar-refractivity contribution is -0.114. The normalized spacial score (nSPS) is 10.9. The molecule has 2 nitrogen and oxygen atoms in total. The van der Waals surface area contributed by atoms with Gasteiger partial charge in [0.15, 0.2) is 5.78 Å². The molecule has 0 aliphatic rings. The number of rotatable bonds is 5. The summed E-state index contributed by atoms with van der Waals surface area (Å²) in [6, 6.07) is 11.5. The van der Waals surface area contributed by atoms with E-state index in [0.717, 1.165) is 17.7 Å². The molecular weight excluding hydrogens is 242 g/mol. The molecule has 3 heteroatoms. The minimum atomic E-state index is 0.153. The van der Waals surface area contributed by atoms with Crippen LogP contribution >= 0.6 is 11.3 Å². The van der Waals surface area contributed by atoms with Gasteiger partial charge in [0.2, 0.25) is 0 Å². The zero-order chi connectivity index (χ0) is 12.8. The van der Waals surface area contributed by atoms with E-state index in [2.05, 4.69) is 6.07 Å². The van der Waals surface area contributed by atoms with Gasteiger partial charge in [-0.1, -0.05) is 24.3 Å². The third kappa shape index (κ3) is 3.86. The highest BCUT2D eigenvalue weighted by molar-refractivity contribution is 7.09. The summed E-state index contributed by atoms with van der Waals surface area (Å²) in [5.74, 6) is 0.153. The minimum absolute atomic E-state index is 0.153. The smallest absolute Gasteiger partial charge is 0.156 e. The van der Waals surface area contributed by atoms with E-state index < -0.39 is 0 Å². The van der Waals surface area contributed by atoms with Crippen LogP contribution in [0.3, 0.4) is 0 Å². The largest absolute Gasteiger partial charge is 0.399 e. The zero-order valence-corrected chi connectivity index (χ0v) is 10.8. The Hall–Kier alpha value is -1.87. The summed E-state index contributed by atoms with van der Waals surface area (Å²) < 4.78 is 0. The highest BCUT2D eigenvalue weighted by Gasteiger charge is 1.99. The number of hydrogen-bond donors (Lipinski definition) is 1. The van der Waals surface area contributed by atoms with Gasteiger partial charge in [0.1, 0.15) is 0 Å². The Morgan fingerprint density at radius 2 is 2.00 bits per heavy atom. The van der Waals surface area contributed by atoms with Gasteiger partial charge in [-0.15, -0.1) is 11.3 Å². The average Bonchev–Trinajstić information content (AvgIpc) is 2.89. The number of ketones is 1. The molecule has 0 aliphatic heterocycles. The number of allylic oxidation sites excluding steroid dienone is 1. The number of anilines is 1. The molecule has 2 N–H and O–H groups in total. The highest BCUT2D eigenvalue weighted by atomic mass is 32.1. The van der Waals surface area contributed by atoms with Crippen molar-refractivity contribution in [2.24, 2.45) is 0 Å². The number of aryl methyl sites for hydroxylation is 1. The van der Waals surface area contributed by atoms with Crippen LogP contribution in [0.1, 0.15) is 16.9 Å². The molecular formula is C15H15NOS. The van der Waals surface area contributed by atoms with Crippen LogP contribution in [-0.2, 0) is 11.2 Å². The van der Waals surface area contributed by atoms with Crippen molar-refractivity contribution in [2.75, 3.05) is 5.73 Å². The van der Waals surface area contributed by atoms with Gasteiger partial charge in [0.25, 0.3) is 0 Å². The first-order valence-corrected chi connectivity index (χ1v) is 6.71. The van der Waals surface area contributed by atoms with Crippen LogP contribution in [0.2, 0.25) is 0 Å². The van der Waals surface area contributed by atoms with E-state index in [1.54, 1.807) is 17.4 Å². The van der Waals surface area contributed by atoms with Gasteiger partial charge in [-0.3, -0.25) is 4.79 Å². The third-order valence-corrected chi connectivity index (χ3v) is 3.53. The summed E-state index contributed by atoms with van der Waals surface area (Å²) in [6.07, 6.45) is 4.85. The molecule has 0 unspecified atom stereocenters. The molecule has 18 heavy (non-hydrogen) atoms. The van der Waals surface area contributed by atoms with Crippen molar-refractivity contribution >= 4 is 28.9 Å². The molecule has 0 aliphatic carbocycles. The summed E-state index contributed by atoms with van der Waals surface area (Å²) in [5.41, 5.74) is 7.32. The van der Waals surface area contributed by atoms with Crippen LogP contribution in [0, 0.1) is 0 Å². The standard InChI is InChI=1S/C15H15NOS/c16-13-6-3-12(4-7-13)5-8-14(17)9-10-15-2-1-11-18-15/h1-8,11H,9-10,16H2/b8-5+. The molecule has 2 rings (SSSR count). The third-order valence-electron chi connectivity index (χ3n) is 2.60. The Kier molecular flexibility index (Phi) is 4.31. The quantitative estimate of drug-likeness (QED) is 0.657. The highest BCUT2D eigenvalue weighted by Crippen LogP contribution is 2.12. The molecule has 92 valence electrons. The van der Waals surface area contributed by atoms with Gasteiger partial charge in [-0.25, -0.2) is 0 Å². The van der Waals surface area contributed by atoms with Gasteiger partial charge < -0.3 is 5.73 Å². The van der Waals surface area contributed by atoms with Gasteiger partial charge in [0.05, 0.1) is 0 Å². The van der Waals surface area contributed by atoms with Gasteiger partial charge >= 0.3 is 0 Å². The predicted molar refractivity (Wildman–Crippen MR) is 77.5 cm³/mol. The van der Waals surface area contributed by atoms with E-state index >= 15 is 0 Å². The lowest BCUT2D eigenvalue weighted by atomic mass is 10.1. The first-order chi connectivity index (χ1) is 8.74. The Balaban J connectivity index is 1.85. The number of carbonyl (C=O) groups is 1. The number of thiophene rings is 1. The predicted octanol–water partition coefficient (Wildman–Crippen LogP) is 3.55. The maximum absolute atomic E-state index is 11.7. The fourth-order valence-electron chi connectivity index (χ4n) is 1.58. The lowest BCUT2D eigenvalue weighted by Gasteiger charge is -1.96. The number of benzene rings is 1. The Labute approximate surface area is 111 Å². The Bertz CT molecular complexity index is 526. The minimum Gasteiger partial charge on any atom is -0.399 e. The molecule has 1 aromatic carbocycles. The molecule has 0 radical (unpaired) electrons. The molecule has 0 saturated heterocycles. The van der Waals surface area contributed by atoms with Crippen molar-refractivity contribution in [3.8, 4) is 0 Å². The summed E-state index contributed by atoms with van der Waals surface area (Å²) in [7, 11) is 0. The average molecular weight is 257 g/mol. The zero-order valence-electron chi connectivity index (χ0n) is 10.0. The van der Waals surface area contributed by atoms with Crippen LogP contribution < -0.4 is 5.73 Å². The second kappa shape index (κ2) is 6.17. The molecule has 0 fully saturated rings. The maximum Gasteiger partial charge on any atom is 0.156 e. The molecule has 1 aromatic heterocycles. The van der Waals surface area contributed by atoms with Crippen LogP contribution in [-0.4, -0.2) is 5.78 Å². The summed E-state index contributed by atoms with van der Waals surface area (Å²) in [6.45, 7) is 0. The topological polar surface area (TPSA) is 43.1 Å². The first-order valence-electron chi connectivity index (χ1n) is 5.83. The second-order valence-electron chi connectivity index (χ2n) is 4.05. The van der Waals surface area contributed by atoms with Gasteiger partial charge in [0, 0.05) is 17.0 Å². The van der Waals surface area contributed by atoms with E-state index in [4.69, 9.17) is 5.73 Å². The molecule has 0 atom stereocenters. The van der Waals surface area contributed by atoms with Crippen LogP contribution in [0.15, 0.2) is 47.9 Å². The van der Waals surface area contributed by atoms with Gasteiger partial charge in [-0.05, 0) is 41.6 Å².